The lowest BCUT2D eigenvalue weighted by atomic mass is 9.99. The van der Waals surface area contributed by atoms with Crippen molar-refractivity contribution in [2.24, 2.45) is 5.92 Å². The Morgan fingerprint density at radius 3 is 1.73 bits per heavy atom. The smallest absolute Gasteiger partial charge is 0.00922 e. The Balaban J connectivity index is 3.86. The van der Waals surface area contributed by atoms with Crippen LogP contribution in [0.3, 0.4) is 0 Å². The van der Waals surface area contributed by atoms with Crippen LogP contribution in [-0.4, -0.2) is 24.0 Å². The fraction of sp³-hybridized carbons (Fsp3) is 1.00. The standard InChI is InChI=1S/C10H23N/c1-6-9(4)10(5)11(7-2)8-3/h9-10H,6-8H2,1-5H3/t9?,10-/m1/s1. The Bertz CT molecular complexity index is 86.9. The van der Waals surface area contributed by atoms with E-state index in [1.165, 1.54) is 19.5 Å². The molecule has 2 atom stereocenters. The van der Waals surface area contributed by atoms with Gasteiger partial charge in [-0.05, 0) is 25.9 Å². The lowest BCUT2D eigenvalue weighted by Gasteiger charge is -2.30. The number of hydrogen-bond acceptors (Lipinski definition) is 1. The maximum atomic E-state index is 2.52. The fourth-order valence-electron chi connectivity index (χ4n) is 1.50. The predicted molar refractivity (Wildman–Crippen MR) is 51.8 cm³/mol. The third-order valence-electron chi connectivity index (χ3n) is 2.86. The van der Waals surface area contributed by atoms with Crippen molar-refractivity contribution >= 4 is 0 Å². The van der Waals surface area contributed by atoms with Gasteiger partial charge >= 0.3 is 0 Å². The Morgan fingerprint density at radius 2 is 1.45 bits per heavy atom. The molecule has 0 aromatic carbocycles. The second-order valence-corrected chi connectivity index (χ2v) is 3.35. The van der Waals surface area contributed by atoms with Gasteiger partial charge in [-0.1, -0.05) is 34.1 Å². The molecule has 0 aliphatic rings. The van der Waals surface area contributed by atoms with Gasteiger partial charge in [0.15, 0.2) is 0 Å². The Morgan fingerprint density at radius 1 is 1.00 bits per heavy atom. The first-order chi connectivity index (χ1) is 5.17. The average Bonchev–Trinajstić information content (AvgIpc) is 2.05. The monoisotopic (exact) mass is 157 g/mol. The van der Waals surface area contributed by atoms with Crippen LogP contribution >= 0.6 is 0 Å². The summed E-state index contributed by atoms with van der Waals surface area (Å²) in [5, 5.41) is 0. The predicted octanol–water partition coefficient (Wildman–Crippen LogP) is 2.76. The molecule has 0 bridgehead atoms. The van der Waals surface area contributed by atoms with E-state index in [4.69, 9.17) is 0 Å². The molecule has 0 rings (SSSR count). The zero-order valence-electron chi connectivity index (χ0n) is 8.72. The number of rotatable bonds is 5. The highest BCUT2D eigenvalue weighted by Crippen LogP contribution is 2.13. The lowest BCUT2D eigenvalue weighted by molar-refractivity contribution is 0.175. The van der Waals surface area contributed by atoms with Gasteiger partial charge in [-0.2, -0.15) is 0 Å². The summed E-state index contributed by atoms with van der Waals surface area (Å²) in [6.07, 6.45) is 1.29. The topological polar surface area (TPSA) is 3.24 Å². The molecule has 0 amide bonds. The first kappa shape index (κ1) is 11.0. The van der Waals surface area contributed by atoms with Crippen molar-refractivity contribution in [2.45, 2.75) is 47.1 Å². The Labute approximate surface area is 71.8 Å². The van der Waals surface area contributed by atoms with E-state index in [0.29, 0.717) is 0 Å². The van der Waals surface area contributed by atoms with Crippen LogP contribution in [0.15, 0.2) is 0 Å². The van der Waals surface area contributed by atoms with Gasteiger partial charge in [0.05, 0.1) is 0 Å². The second kappa shape index (κ2) is 5.59. The third-order valence-corrected chi connectivity index (χ3v) is 2.86. The van der Waals surface area contributed by atoms with Gasteiger partial charge in [0.1, 0.15) is 0 Å². The van der Waals surface area contributed by atoms with Crippen molar-refractivity contribution in [2.75, 3.05) is 13.1 Å². The largest absolute Gasteiger partial charge is 0.301 e. The van der Waals surface area contributed by atoms with Crippen LogP contribution in [-0.2, 0) is 0 Å². The highest BCUT2D eigenvalue weighted by Gasteiger charge is 2.15. The summed E-state index contributed by atoms with van der Waals surface area (Å²) in [7, 11) is 0. The molecule has 1 heteroatoms. The van der Waals surface area contributed by atoms with Crippen LogP contribution in [0.5, 0.6) is 0 Å². The summed E-state index contributed by atoms with van der Waals surface area (Å²) >= 11 is 0. The van der Waals surface area contributed by atoms with Crippen molar-refractivity contribution in [1.82, 2.24) is 4.90 Å². The summed E-state index contributed by atoms with van der Waals surface area (Å²) in [5.41, 5.74) is 0. The van der Waals surface area contributed by atoms with E-state index in [2.05, 4.69) is 39.5 Å². The SMILES string of the molecule is CCC(C)[C@@H](C)N(CC)CC. The lowest BCUT2D eigenvalue weighted by Crippen LogP contribution is -2.37. The molecular weight excluding hydrogens is 134 g/mol. The molecule has 0 fully saturated rings. The molecule has 0 aliphatic heterocycles. The molecule has 0 aromatic heterocycles. The van der Waals surface area contributed by atoms with Crippen molar-refractivity contribution in [3.63, 3.8) is 0 Å². The summed E-state index contributed by atoms with van der Waals surface area (Å²) in [4.78, 5) is 2.52. The minimum atomic E-state index is 0.745. The quantitative estimate of drug-likeness (QED) is 0.593. The van der Waals surface area contributed by atoms with Crippen molar-refractivity contribution in [3.8, 4) is 0 Å². The second-order valence-electron chi connectivity index (χ2n) is 3.35. The minimum Gasteiger partial charge on any atom is -0.301 e. The van der Waals surface area contributed by atoms with Crippen molar-refractivity contribution < 1.29 is 0 Å². The van der Waals surface area contributed by atoms with Crippen LogP contribution in [0, 0.1) is 5.92 Å². The van der Waals surface area contributed by atoms with Gasteiger partial charge < -0.3 is 4.90 Å². The Kier molecular flexibility index (Phi) is 5.57. The van der Waals surface area contributed by atoms with E-state index in [9.17, 15) is 0 Å². The molecule has 0 N–H and O–H groups in total. The molecule has 0 aliphatic carbocycles. The van der Waals surface area contributed by atoms with Gasteiger partial charge in [0.2, 0.25) is 0 Å². The van der Waals surface area contributed by atoms with E-state index in [0.717, 1.165) is 12.0 Å². The fourth-order valence-corrected chi connectivity index (χ4v) is 1.50. The highest BCUT2D eigenvalue weighted by atomic mass is 15.1. The molecule has 0 aromatic rings. The van der Waals surface area contributed by atoms with Gasteiger partial charge in [0.25, 0.3) is 0 Å². The molecule has 0 radical (unpaired) electrons. The summed E-state index contributed by atoms with van der Waals surface area (Å²) in [5.74, 6) is 0.829. The average molecular weight is 157 g/mol. The van der Waals surface area contributed by atoms with Crippen LogP contribution in [0.1, 0.15) is 41.0 Å². The van der Waals surface area contributed by atoms with Crippen molar-refractivity contribution in [3.05, 3.63) is 0 Å². The molecule has 68 valence electrons. The Hall–Kier alpha value is -0.0400. The molecule has 0 spiro atoms. The summed E-state index contributed by atoms with van der Waals surface area (Å²) in [6, 6.07) is 0.745. The van der Waals surface area contributed by atoms with Gasteiger partial charge in [-0.25, -0.2) is 0 Å². The third kappa shape index (κ3) is 3.24. The van der Waals surface area contributed by atoms with Gasteiger partial charge in [-0.3, -0.25) is 0 Å². The minimum absolute atomic E-state index is 0.745. The zero-order chi connectivity index (χ0) is 8.85. The van der Waals surface area contributed by atoms with E-state index in [1.54, 1.807) is 0 Å². The summed E-state index contributed by atoms with van der Waals surface area (Å²) in [6.45, 7) is 13.8. The zero-order valence-corrected chi connectivity index (χ0v) is 8.72. The van der Waals surface area contributed by atoms with Gasteiger partial charge in [-0.15, -0.1) is 0 Å². The molecule has 0 saturated heterocycles. The number of hydrogen-bond donors (Lipinski definition) is 0. The van der Waals surface area contributed by atoms with Crippen molar-refractivity contribution in [1.29, 1.82) is 0 Å². The molecule has 11 heavy (non-hydrogen) atoms. The van der Waals surface area contributed by atoms with E-state index < -0.39 is 0 Å². The molecule has 0 heterocycles. The summed E-state index contributed by atoms with van der Waals surface area (Å²) < 4.78 is 0. The van der Waals surface area contributed by atoms with E-state index in [1.807, 2.05) is 0 Å². The maximum Gasteiger partial charge on any atom is 0.00922 e. The maximum absolute atomic E-state index is 2.52. The molecular formula is C10H23N. The first-order valence-electron chi connectivity index (χ1n) is 4.91. The van der Waals surface area contributed by atoms with E-state index in [-0.39, 0.29) is 0 Å². The normalized spacial score (nSPS) is 16.9. The van der Waals surface area contributed by atoms with Gasteiger partial charge in [0, 0.05) is 6.04 Å². The highest BCUT2D eigenvalue weighted by molar-refractivity contribution is 4.69. The van der Waals surface area contributed by atoms with Crippen LogP contribution < -0.4 is 0 Å². The molecule has 1 unspecified atom stereocenters. The van der Waals surface area contributed by atoms with Crippen LogP contribution in [0.25, 0.3) is 0 Å². The van der Waals surface area contributed by atoms with Crippen LogP contribution in [0.4, 0.5) is 0 Å². The van der Waals surface area contributed by atoms with Crippen LogP contribution in [0.2, 0.25) is 0 Å². The molecule has 1 nitrogen and oxygen atoms in total. The number of nitrogens with zero attached hydrogens (tertiary/aromatic N) is 1. The molecule has 0 saturated carbocycles. The first-order valence-corrected chi connectivity index (χ1v) is 4.91. The van der Waals surface area contributed by atoms with E-state index >= 15 is 0 Å².